The highest BCUT2D eigenvalue weighted by molar-refractivity contribution is 5.94. The van der Waals surface area contributed by atoms with E-state index in [1.807, 2.05) is 30.3 Å². The van der Waals surface area contributed by atoms with Gasteiger partial charge in [0.25, 0.3) is 0 Å². The number of carbonyl (C=O) groups excluding carboxylic acids is 1. The number of piperazine rings is 1. The first-order chi connectivity index (χ1) is 13.3. The highest BCUT2D eigenvalue weighted by atomic mass is 16.5. The normalized spacial score (nSPS) is 14.4. The number of aromatic nitrogens is 2. The Morgan fingerprint density at radius 1 is 0.926 bits per heavy atom. The van der Waals surface area contributed by atoms with Gasteiger partial charge in [0, 0.05) is 37.3 Å². The highest BCUT2D eigenvalue weighted by Crippen LogP contribution is 2.26. The molecule has 1 fully saturated rings. The highest BCUT2D eigenvalue weighted by Gasteiger charge is 2.22. The van der Waals surface area contributed by atoms with Crippen molar-refractivity contribution in [3.63, 3.8) is 0 Å². The van der Waals surface area contributed by atoms with Crippen LogP contribution in [0.3, 0.4) is 0 Å². The zero-order valence-electron chi connectivity index (χ0n) is 15.3. The first-order valence-corrected chi connectivity index (χ1v) is 9.25. The van der Waals surface area contributed by atoms with Gasteiger partial charge in [-0.2, -0.15) is 0 Å². The van der Waals surface area contributed by atoms with Crippen LogP contribution in [0.5, 0.6) is 0 Å². The summed E-state index contributed by atoms with van der Waals surface area (Å²) in [5, 5.41) is 0.957. The molecule has 1 aromatic heterocycles. The summed E-state index contributed by atoms with van der Waals surface area (Å²) >= 11 is 0. The lowest BCUT2D eigenvalue weighted by atomic mass is 10.2. The van der Waals surface area contributed by atoms with Crippen LogP contribution in [0.2, 0.25) is 0 Å². The van der Waals surface area contributed by atoms with E-state index in [2.05, 4.69) is 44.0 Å². The van der Waals surface area contributed by atoms with E-state index in [0.717, 1.165) is 42.9 Å². The van der Waals surface area contributed by atoms with Crippen LogP contribution >= 0.6 is 0 Å². The van der Waals surface area contributed by atoms with E-state index in [0.29, 0.717) is 6.61 Å². The monoisotopic (exact) mass is 362 g/mol. The van der Waals surface area contributed by atoms with Gasteiger partial charge in [0.1, 0.15) is 5.82 Å². The molecule has 2 aromatic carbocycles. The zero-order chi connectivity index (χ0) is 18.6. The summed E-state index contributed by atoms with van der Waals surface area (Å²) in [6.45, 7) is 5.55. The van der Waals surface area contributed by atoms with Gasteiger partial charge in [-0.1, -0.05) is 30.3 Å². The molecule has 1 saturated heterocycles. The molecule has 138 valence electrons. The minimum absolute atomic E-state index is 0.121. The average Bonchev–Trinajstić information content (AvgIpc) is 2.74. The Morgan fingerprint density at radius 2 is 1.59 bits per heavy atom. The summed E-state index contributed by atoms with van der Waals surface area (Å²) in [4.78, 5) is 25.7. The predicted octanol–water partition coefficient (Wildman–Crippen LogP) is 3.13. The molecule has 0 unspecified atom stereocenters. The molecule has 0 amide bonds. The first kappa shape index (κ1) is 17.3. The third kappa shape index (κ3) is 3.56. The molecule has 3 aromatic rings. The van der Waals surface area contributed by atoms with Crippen molar-refractivity contribution in [3.05, 3.63) is 60.4 Å². The molecule has 0 radical (unpaired) electrons. The number of nitrogens with zero attached hydrogens (tertiary/aromatic N) is 4. The molecule has 1 aliphatic heterocycles. The maximum Gasteiger partial charge on any atom is 0.376 e. The fourth-order valence-corrected chi connectivity index (χ4v) is 3.40. The Morgan fingerprint density at radius 3 is 2.33 bits per heavy atom. The Kier molecular flexibility index (Phi) is 4.87. The number of ether oxygens (including phenoxy) is 1. The van der Waals surface area contributed by atoms with Gasteiger partial charge in [-0.05, 0) is 31.2 Å². The SMILES string of the molecule is CCOC(=O)c1nc(N2CCN(c3ccccc3)CC2)c2ccccc2n1. The minimum Gasteiger partial charge on any atom is -0.460 e. The molecule has 0 bridgehead atoms. The largest absolute Gasteiger partial charge is 0.460 e. The summed E-state index contributed by atoms with van der Waals surface area (Å²) in [6, 6.07) is 18.2. The lowest BCUT2D eigenvalue weighted by molar-refractivity contribution is 0.0512. The van der Waals surface area contributed by atoms with Gasteiger partial charge in [-0.25, -0.2) is 14.8 Å². The molecule has 4 rings (SSSR count). The van der Waals surface area contributed by atoms with E-state index in [1.54, 1.807) is 6.92 Å². The van der Waals surface area contributed by atoms with Crippen LogP contribution in [0.25, 0.3) is 10.9 Å². The Balaban J connectivity index is 1.62. The number of esters is 1. The Hall–Kier alpha value is -3.15. The van der Waals surface area contributed by atoms with Crippen molar-refractivity contribution in [2.45, 2.75) is 6.92 Å². The van der Waals surface area contributed by atoms with E-state index in [1.165, 1.54) is 5.69 Å². The van der Waals surface area contributed by atoms with E-state index in [9.17, 15) is 4.79 Å². The number of anilines is 2. The number of carbonyl (C=O) groups is 1. The third-order valence-corrected chi connectivity index (χ3v) is 4.74. The van der Waals surface area contributed by atoms with E-state index >= 15 is 0 Å². The van der Waals surface area contributed by atoms with Gasteiger partial charge in [-0.15, -0.1) is 0 Å². The van der Waals surface area contributed by atoms with Gasteiger partial charge in [0.05, 0.1) is 12.1 Å². The molecule has 6 heteroatoms. The molecular formula is C21H22N4O2. The molecule has 0 aliphatic carbocycles. The molecule has 0 N–H and O–H groups in total. The van der Waals surface area contributed by atoms with Crippen LogP contribution < -0.4 is 9.80 Å². The standard InChI is InChI=1S/C21H22N4O2/c1-2-27-21(26)19-22-18-11-7-6-10-17(18)20(23-19)25-14-12-24(13-15-25)16-8-4-3-5-9-16/h3-11H,2,12-15H2,1H3. The van der Waals surface area contributed by atoms with E-state index < -0.39 is 5.97 Å². The maximum atomic E-state index is 12.2. The number of para-hydroxylation sites is 2. The topological polar surface area (TPSA) is 58.6 Å². The molecule has 6 nitrogen and oxygen atoms in total. The second kappa shape index (κ2) is 7.61. The molecular weight excluding hydrogens is 340 g/mol. The molecule has 1 aliphatic rings. The fourth-order valence-electron chi connectivity index (χ4n) is 3.40. The molecule has 2 heterocycles. The van der Waals surface area contributed by atoms with Crippen molar-refractivity contribution in [2.75, 3.05) is 42.6 Å². The quantitative estimate of drug-likeness (QED) is 0.665. The molecule has 0 saturated carbocycles. The second-order valence-corrected chi connectivity index (χ2v) is 6.42. The predicted molar refractivity (Wildman–Crippen MR) is 106 cm³/mol. The van der Waals surface area contributed by atoms with Crippen LogP contribution in [-0.2, 0) is 4.74 Å². The second-order valence-electron chi connectivity index (χ2n) is 6.42. The summed E-state index contributed by atoms with van der Waals surface area (Å²) in [6.07, 6.45) is 0. The van der Waals surface area contributed by atoms with Crippen LogP contribution in [0.1, 0.15) is 17.5 Å². The van der Waals surface area contributed by atoms with Crippen molar-refractivity contribution in [3.8, 4) is 0 Å². The van der Waals surface area contributed by atoms with Gasteiger partial charge in [0.2, 0.25) is 5.82 Å². The number of benzene rings is 2. The minimum atomic E-state index is -0.479. The zero-order valence-corrected chi connectivity index (χ0v) is 15.3. The van der Waals surface area contributed by atoms with Crippen LogP contribution in [0.15, 0.2) is 54.6 Å². The average molecular weight is 362 g/mol. The summed E-state index contributed by atoms with van der Waals surface area (Å²) < 4.78 is 5.10. The van der Waals surface area contributed by atoms with Gasteiger partial charge < -0.3 is 14.5 Å². The van der Waals surface area contributed by atoms with Gasteiger partial charge >= 0.3 is 5.97 Å². The fraction of sp³-hybridized carbons (Fsp3) is 0.286. The van der Waals surface area contributed by atoms with Crippen LogP contribution in [0, 0.1) is 0 Å². The van der Waals surface area contributed by atoms with Crippen molar-refractivity contribution in [1.82, 2.24) is 9.97 Å². The lowest BCUT2D eigenvalue weighted by Gasteiger charge is -2.37. The van der Waals surface area contributed by atoms with Gasteiger partial charge in [-0.3, -0.25) is 0 Å². The summed E-state index contributed by atoms with van der Waals surface area (Å²) in [5.74, 6) is 0.444. The van der Waals surface area contributed by atoms with E-state index in [4.69, 9.17) is 4.74 Å². The van der Waals surface area contributed by atoms with Crippen LogP contribution in [0.4, 0.5) is 11.5 Å². The molecule has 0 atom stereocenters. The first-order valence-electron chi connectivity index (χ1n) is 9.25. The number of hydrogen-bond acceptors (Lipinski definition) is 6. The summed E-state index contributed by atoms with van der Waals surface area (Å²) in [7, 11) is 0. The molecule has 0 spiro atoms. The summed E-state index contributed by atoms with van der Waals surface area (Å²) in [5.41, 5.74) is 1.99. The van der Waals surface area contributed by atoms with Crippen LogP contribution in [-0.4, -0.2) is 48.7 Å². The lowest BCUT2D eigenvalue weighted by Crippen LogP contribution is -2.47. The van der Waals surface area contributed by atoms with E-state index in [-0.39, 0.29) is 5.82 Å². The van der Waals surface area contributed by atoms with Crippen molar-refractivity contribution in [2.24, 2.45) is 0 Å². The Bertz CT molecular complexity index is 937. The van der Waals surface area contributed by atoms with Crippen molar-refractivity contribution < 1.29 is 9.53 Å². The van der Waals surface area contributed by atoms with Crippen molar-refractivity contribution in [1.29, 1.82) is 0 Å². The number of fused-ring (bicyclic) bond motifs is 1. The molecule has 27 heavy (non-hydrogen) atoms. The Labute approximate surface area is 158 Å². The third-order valence-electron chi connectivity index (χ3n) is 4.74. The number of rotatable bonds is 4. The maximum absolute atomic E-state index is 12.2. The smallest absolute Gasteiger partial charge is 0.376 e. The van der Waals surface area contributed by atoms with Crippen molar-refractivity contribution >= 4 is 28.4 Å². The van der Waals surface area contributed by atoms with Gasteiger partial charge in [0.15, 0.2) is 0 Å². The number of hydrogen-bond donors (Lipinski definition) is 0.